The Balaban J connectivity index is 1.19. The highest BCUT2D eigenvalue weighted by Gasteiger charge is 2.21. The van der Waals surface area contributed by atoms with Gasteiger partial charge in [0.1, 0.15) is 17.1 Å². The van der Waals surface area contributed by atoms with Crippen LogP contribution in [0.3, 0.4) is 0 Å². The van der Waals surface area contributed by atoms with Crippen molar-refractivity contribution < 1.29 is 8.81 Å². The number of hydrogen-bond donors (Lipinski definition) is 0. The average molecular weight is 573 g/mol. The van der Waals surface area contributed by atoms with E-state index in [9.17, 15) is 0 Å². The van der Waals surface area contributed by atoms with Crippen molar-refractivity contribution in [3.8, 4) is 17.1 Å². The van der Waals surface area contributed by atoms with E-state index in [1.165, 1.54) is 0 Å². The number of aryl methyl sites for hydroxylation is 1. The van der Waals surface area contributed by atoms with Gasteiger partial charge in [0.05, 0.1) is 22.7 Å². The van der Waals surface area contributed by atoms with Gasteiger partial charge in [-0.2, -0.15) is 0 Å². The Morgan fingerprint density at radius 2 is 1.41 bits per heavy atom. The van der Waals surface area contributed by atoms with E-state index in [4.69, 9.17) is 14.4 Å². The number of rotatable bonds is 4. The molecule has 1 unspecified atom stereocenters. The molecule has 0 aliphatic rings. The third-order valence-corrected chi connectivity index (χ3v) is 8.67. The van der Waals surface area contributed by atoms with Crippen LogP contribution in [-0.2, 0) is 7.05 Å². The van der Waals surface area contributed by atoms with Crippen molar-refractivity contribution >= 4 is 54.9 Å². The molecule has 0 saturated heterocycles. The summed E-state index contributed by atoms with van der Waals surface area (Å²) in [6.07, 6.45) is 0.469. The molecule has 0 radical (unpaired) electrons. The van der Waals surface area contributed by atoms with Crippen molar-refractivity contribution in [2.24, 2.45) is 7.05 Å². The molecule has 0 saturated carbocycles. The highest BCUT2D eigenvalue weighted by atomic mass is 19.1. The van der Waals surface area contributed by atoms with E-state index in [0.29, 0.717) is 11.1 Å². The minimum Gasteiger partial charge on any atom is -0.454 e. The maximum absolute atomic E-state index is 16.4. The number of hydrogen-bond acceptors (Lipinski definition) is 3. The summed E-state index contributed by atoms with van der Waals surface area (Å²) in [6.45, 7) is 0. The van der Waals surface area contributed by atoms with Crippen LogP contribution >= 0.6 is 0 Å². The van der Waals surface area contributed by atoms with Crippen molar-refractivity contribution in [2.45, 2.75) is 6.17 Å². The molecule has 5 aromatic carbocycles. The molecule has 0 aliphatic heterocycles. The number of para-hydroxylation sites is 4. The fourth-order valence-corrected chi connectivity index (χ4v) is 6.64. The summed E-state index contributed by atoms with van der Waals surface area (Å²) >= 11 is 0. The maximum atomic E-state index is 16.4. The van der Waals surface area contributed by atoms with E-state index in [1.54, 1.807) is 6.20 Å². The molecule has 4 aromatic heterocycles. The van der Waals surface area contributed by atoms with Crippen LogP contribution in [0.25, 0.3) is 72.0 Å². The lowest BCUT2D eigenvalue weighted by molar-refractivity contribution is 0.402. The van der Waals surface area contributed by atoms with Gasteiger partial charge >= 0.3 is 0 Å². The normalized spacial score (nSPS) is 12.7. The highest BCUT2D eigenvalue weighted by molar-refractivity contribution is 6.26. The van der Waals surface area contributed by atoms with E-state index >= 15 is 4.39 Å². The number of aromatic nitrogens is 4. The standard InChI is InChI=1S/C38H25FN4O/c1-42-31-18-6-4-16-29(31)41-37(42)25-12-8-10-23(20-25)36(39)24-11-9-13-26(21-24)43-30-17-5-2-14-27(30)35-34-28-15-3-7-19-32(28)44-33(34)22-40-38(35)43/h2-22,36H,1H3. The van der Waals surface area contributed by atoms with Crippen LogP contribution in [0.15, 0.2) is 132 Å². The molecule has 44 heavy (non-hydrogen) atoms. The molecule has 0 bridgehead atoms. The van der Waals surface area contributed by atoms with E-state index in [2.05, 4.69) is 27.3 Å². The molecule has 210 valence electrons. The molecule has 0 N–H and O–H groups in total. The lowest BCUT2D eigenvalue weighted by atomic mass is 10.00. The van der Waals surface area contributed by atoms with Gasteiger partial charge in [0.2, 0.25) is 0 Å². The second kappa shape index (κ2) is 9.38. The summed E-state index contributed by atoms with van der Waals surface area (Å²) in [5, 5.41) is 4.19. The smallest absolute Gasteiger partial charge is 0.154 e. The van der Waals surface area contributed by atoms with Gasteiger partial charge in [-0.15, -0.1) is 0 Å². The van der Waals surface area contributed by atoms with Crippen molar-refractivity contribution in [1.82, 2.24) is 19.1 Å². The molecule has 4 heterocycles. The predicted molar refractivity (Wildman–Crippen MR) is 175 cm³/mol. The number of furan rings is 1. The van der Waals surface area contributed by atoms with Crippen molar-refractivity contribution in [2.75, 3.05) is 0 Å². The Labute approximate surface area is 251 Å². The second-order valence-corrected chi connectivity index (χ2v) is 11.2. The van der Waals surface area contributed by atoms with Crippen LogP contribution in [0, 0.1) is 0 Å². The summed E-state index contributed by atoms with van der Waals surface area (Å²) in [5.41, 5.74) is 8.23. The fraction of sp³-hybridized carbons (Fsp3) is 0.0526. The number of imidazole rings is 1. The molecular formula is C38H25FN4O. The van der Waals surface area contributed by atoms with Crippen LogP contribution in [-0.4, -0.2) is 19.1 Å². The van der Waals surface area contributed by atoms with Gasteiger partial charge in [-0.1, -0.05) is 78.9 Å². The number of pyridine rings is 1. The van der Waals surface area contributed by atoms with E-state index in [0.717, 1.165) is 72.0 Å². The SMILES string of the molecule is Cn1c(-c2cccc(C(F)c3cccc(-n4c5ccccc5c5c6c(cnc54)oc4ccccc46)c3)c2)nc2ccccc21. The van der Waals surface area contributed by atoms with Gasteiger partial charge in [-0.05, 0) is 53.6 Å². The van der Waals surface area contributed by atoms with Gasteiger partial charge in [0, 0.05) is 39.8 Å². The molecular weight excluding hydrogens is 547 g/mol. The van der Waals surface area contributed by atoms with E-state index in [1.807, 2.05) is 110 Å². The first-order valence-corrected chi connectivity index (χ1v) is 14.6. The quantitative estimate of drug-likeness (QED) is 0.211. The molecule has 0 amide bonds. The topological polar surface area (TPSA) is 48.8 Å². The Bertz CT molecular complexity index is 2550. The summed E-state index contributed by atoms with van der Waals surface area (Å²) in [4.78, 5) is 9.71. The zero-order valence-corrected chi connectivity index (χ0v) is 23.8. The number of halogens is 1. The number of nitrogens with zero attached hydrogens (tertiary/aromatic N) is 4. The van der Waals surface area contributed by atoms with Crippen LogP contribution < -0.4 is 0 Å². The molecule has 5 nitrogen and oxygen atoms in total. The van der Waals surface area contributed by atoms with Crippen LogP contribution in [0.4, 0.5) is 4.39 Å². The summed E-state index contributed by atoms with van der Waals surface area (Å²) in [6, 6.07) is 39.7. The zero-order valence-electron chi connectivity index (χ0n) is 23.8. The maximum Gasteiger partial charge on any atom is 0.154 e. The van der Waals surface area contributed by atoms with Crippen molar-refractivity contribution in [1.29, 1.82) is 0 Å². The molecule has 9 aromatic rings. The van der Waals surface area contributed by atoms with Gasteiger partial charge in [-0.3, -0.25) is 4.57 Å². The minimum absolute atomic E-state index is 0.574. The average Bonchev–Trinajstić information content (AvgIpc) is 3.73. The van der Waals surface area contributed by atoms with Crippen molar-refractivity contribution in [3.63, 3.8) is 0 Å². The molecule has 1 atom stereocenters. The lowest BCUT2D eigenvalue weighted by Gasteiger charge is -2.14. The van der Waals surface area contributed by atoms with Crippen LogP contribution in [0.5, 0.6) is 0 Å². The lowest BCUT2D eigenvalue weighted by Crippen LogP contribution is -2.00. The Morgan fingerprint density at radius 1 is 0.682 bits per heavy atom. The highest BCUT2D eigenvalue weighted by Crippen LogP contribution is 2.40. The van der Waals surface area contributed by atoms with Crippen LogP contribution in [0.1, 0.15) is 17.3 Å². The Morgan fingerprint density at radius 3 is 2.27 bits per heavy atom. The van der Waals surface area contributed by atoms with Crippen LogP contribution in [0.2, 0.25) is 0 Å². The third-order valence-electron chi connectivity index (χ3n) is 8.67. The van der Waals surface area contributed by atoms with Crippen molar-refractivity contribution in [3.05, 3.63) is 139 Å². The van der Waals surface area contributed by atoms with E-state index < -0.39 is 6.17 Å². The summed E-state index contributed by atoms with van der Waals surface area (Å²) in [7, 11) is 1.99. The number of alkyl halides is 1. The summed E-state index contributed by atoms with van der Waals surface area (Å²) in [5.74, 6) is 0.809. The van der Waals surface area contributed by atoms with Gasteiger partial charge < -0.3 is 8.98 Å². The van der Waals surface area contributed by atoms with Gasteiger partial charge in [-0.25, -0.2) is 14.4 Å². The molecule has 6 heteroatoms. The summed E-state index contributed by atoms with van der Waals surface area (Å²) < 4.78 is 26.7. The van der Waals surface area contributed by atoms with Gasteiger partial charge in [0.15, 0.2) is 11.8 Å². The molecule has 0 fully saturated rings. The first kappa shape index (κ1) is 24.8. The molecule has 0 spiro atoms. The first-order chi connectivity index (χ1) is 21.7. The monoisotopic (exact) mass is 572 g/mol. The zero-order chi connectivity index (χ0) is 29.4. The minimum atomic E-state index is -1.32. The van der Waals surface area contributed by atoms with Gasteiger partial charge in [0.25, 0.3) is 0 Å². The largest absolute Gasteiger partial charge is 0.454 e. The predicted octanol–water partition coefficient (Wildman–Crippen LogP) is 9.69. The fourth-order valence-electron chi connectivity index (χ4n) is 6.64. The number of fused-ring (bicyclic) bond motifs is 8. The Kier molecular flexibility index (Phi) is 5.29. The number of benzene rings is 5. The second-order valence-electron chi connectivity index (χ2n) is 11.2. The molecule has 9 rings (SSSR count). The molecule has 0 aliphatic carbocycles. The third kappa shape index (κ3) is 3.57. The van der Waals surface area contributed by atoms with E-state index in [-0.39, 0.29) is 0 Å². The Hall–Kier alpha value is -5.75. The first-order valence-electron chi connectivity index (χ1n) is 14.6.